The molecule has 2 amide bonds. The Bertz CT molecular complexity index is 1130. The van der Waals surface area contributed by atoms with E-state index in [0.717, 1.165) is 18.9 Å². The van der Waals surface area contributed by atoms with Gasteiger partial charge in [-0.15, -0.1) is 0 Å². The van der Waals surface area contributed by atoms with Gasteiger partial charge in [-0.25, -0.2) is 8.78 Å². The highest BCUT2D eigenvalue weighted by Gasteiger charge is 2.39. The van der Waals surface area contributed by atoms with E-state index in [9.17, 15) is 28.3 Å². The molecule has 3 heterocycles. The fraction of sp³-hybridized carbons (Fsp3) is 0.381. The summed E-state index contributed by atoms with van der Waals surface area (Å²) < 4.78 is 28.2. The van der Waals surface area contributed by atoms with Crippen LogP contribution in [0.1, 0.15) is 53.1 Å². The average molecular weight is 432 g/mol. The lowest BCUT2D eigenvalue weighted by molar-refractivity contribution is 0.0627. The predicted molar refractivity (Wildman–Crippen MR) is 107 cm³/mol. The third kappa shape index (κ3) is 3.51. The molecule has 10 heteroatoms. The molecule has 31 heavy (non-hydrogen) atoms. The van der Waals surface area contributed by atoms with Crippen LogP contribution in [-0.4, -0.2) is 45.2 Å². The number of benzene rings is 1. The Hall–Kier alpha value is -3.43. The van der Waals surface area contributed by atoms with Crippen molar-refractivity contribution in [2.24, 2.45) is 0 Å². The topological polar surface area (TPSA) is 94.9 Å². The van der Waals surface area contributed by atoms with Gasteiger partial charge in [-0.1, -0.05) is 6.07 Å². The molecular weight excluding hydrogens is 410 g/mol. The average Bonchev–Trinajstić information content (AvgIpc) is 2.85. The standard InChI is InChI=1S/C21H22F2N4O4/c1-11-3-4-12(2)27-10-25(11)21(31)17-19(29)18(28)15(9-26(17)27)20(30)24-8-13-5-6-14(22)7-16(13)23/h5-7,9,11-12,29H,3-4,8,10H2,1-2H3,(H,24,30)/t11-,12-/m0/s1. The summed E-state index contributed by atoms with van der Waals surface area (Å²) in [5.41, 5.74) is -1.51. The second-order valence-electron chi connectivity index (χ2n) is 7.96. The third-order valence-corrected chi connectivity index (χ3v) is 5.94. The second-order valence-corrected chi connectivity index (χ2v) is 7.96. The van der Waals surface area contributed by atoms with Crippen molar-refractivity contribution in [1.82, 2.24) is 14.9 Å². The maximum absolute atomic E-state index is 13.8. The van der Waals surface area contributed by atoms with Crippen molar-refractivity contribution in [3.05, 3.63) is 63.1 Å². The molecule has 4 rings (SSSR count). The van der Waals surface area contributed by atoms with E-state index < -0.39 is 34.6 Å². The Balaban J connectivity index is 1.69. The highest BCUT2D eigenvalue weighted by molar-refractivity contribution is 5.99. The minimum absolute atomic E-state index is 0.00887. The zero-order chi connectivity index (χ0) is 22.4. The van der Waals surface area contributed by atoms with Gasteiger partial charge in [-0.3, -0.25) is 24.1 Å². The number of pyridine rings is 1. The van der Waals surface area contributed by atoms with Gasteiger partial charge >= 0.3 is 0 Å². The van der Waals surface area contributed by atoms with E-state index in [-0.39, 0.29) is 42.1 Å². The number of fused-ring (bicyclic) bond motifs is 4. The lowest BCUT2D eigenvalue weighted by atomic mass is 10.1. The highest BCUT2D eigenvalue weighted by atomic mass is 19.1. The van der Waals surface area contributed by atoms with Crippen LogP contribution < -0.4 is 15.8 Å². The summed E-state index contributed by atoms with van der Waals surface area (Å²) in [7, 11) is 0. The number of carbonyl (C=O) groups excluding carboxylic acids is 2. The highest BCUT2D eigenvalue weighted by Crippen LogP contribution is 2.28. The Kier molecular flexibility index (Phi) is 5.16. The number of hydrogen-bond acceptors (Lipinski definition) is 5. The van der Waals surface area contributed by atoms with Crippen molar-refractivity contribution in [2.45, 2.75) is 45.3 Å². The molecule has 1 saturated heterocycles. The van der Waals surface area contributed by atoms with Crippen molar-refractivity contribution in [2.75, 3.05) is 11.7 Å². The van der Waals surface area contributed by atoms with Crippen LogP contribution in [-0.2, 0) is 6.54 Å². The van der Waals surface area contributed by atoms with Crippen molar-refractivity contribution >= 4 is 11.8 Å². The summed E-state index contributed by atoms with van der Waals surface area (Å²) in [6.45, 7) is 3.85. The van der Waals surface area contributed by atoms with Crippen molar-refractivity contribution in [3.8, 4) is 5.75 Å². The molecule has 0 radical (unpaired) electrons. The quantitative estimate of drug-likeness (QED) is 0.770. The molecule has 1 aromatic heterocycles. The molecular formula is C21H22F2N4O4. The number of aromatic nitrogens is 1. The molecule has 2 aromatic rings. The molecule has 2 aliphatic heterocycles. The fourth-order valence-electron chi connectivity index (χ4n) is 3.99. The van der Waals surface area contributed by atoms with E-state index in [1.165, 1.54) is 16.9 Å². The maximum atomic E-state index is 13.8. The fourth-order valence-corrected chi connectivity index (χ4v) is 3.99. The number of aromatic hydroxyl groups is 1. The van der Waals surface area contributed by atoms with Crippen LogP contribution in [0.25, 0.3) is 0 Å². The summed E-state index contributed by atoms with van der Waals surface area (Å²) in [6.07, 6.45) is 2.78. The van der Waals surface area contributed by atoms with Gasteiger partial charge in [0.1, 0.15) is 23.9 Å². The first-order chi connectivity index (χ1) is 14.7. The number of carbonyl (C=O) groups is 2. The number of nitrogens with one attached hydrogen (secondary N) is 1. The van der Waals surface area contributed by atoms with Crippen LogP contribution in [0, 0.1) is 11.6 Å². The van der Waals surface area contributed by atoms with Gasteiger partial charge in [-0.2, -0.15) is 0 Å². The minimum Gasteiger partial charge on any atom is -0.502 e. The van der Waals surface area contributed by atoms with Crippen LogP contribution in [0.4, 0.5) is 8.78 Å². The molecule has 1 fully saturated rings. The molecule has 2 bridgehead atoms. The number of rotatable bonds is 3. The molecule has 2 atom stereocenters. The molecule has 0 saturated carbocycles. The SMILES string of the molecule is C[C@H]1CC[C@H](C)N2CN1C(=O)c1c(O)c(=O)c(C(=O)NCc3ccc(F)cc3F)cn12. The van der Waals surface area contributed by atoms with E-state index in [2.05, 4.69) is 5.32 Å². The summed E-state index contributed by atoms with van der Waals surface area (Å²) in [5, 5.41) is 14.8. The Morgan fingerprint density at radius 3 is 2.61 bits per heavy atom. The molecule has 2 N–H and O–H groups in total. The van der Waals surface area contributed by atoms with Crippen LogP contribution in [0.5, 0.6) is 5.75 Å². The van der Waals surface area contributed by atoms with Crippen LogP contribution in [0.2, 0.25) is 0 Å². The van der Waals surface area contributed by atoms with Gasteiger partial charge in [0.25, 0.3) is 11.8 Å². The van der Waals surface area contributed by atoms with E-state index in [0.29, 0.717) is 6.07 Å². The second kappa shape index (κ2) is 7.68. The van der Waals surface area contributed by atoms with Gasteiger partial charge in [0.15, 0.2) is 11.4 Å². The van der Waals surface area contributed by atoms with Crippen molar-refractivity contribution in [3.63, 3.8) is 0 Å². The van der Waals surface area contributed by atoms with Gasteiger partial charge < -0.3 is 15.3 Å². The maximum Gasteiger partial charge on any atom is 0.278 e. The first kappa shape index (κ1) is 20.8. The summed E-state index contributed by atoms with van der Waals surface area (Å²) >= 11 is 0. The molecule has 8 nitrogen and oxygen atoms in total. The predicted octanol–water partition coefficient (Wildman–Crippen LogP) is 1.68. The van der Waals surface area contributed by atoms with E-state index in [1.54, 1.807) is 4.90 Å². The Morgan fingerprint density at radius 2 is 1.90 bits per heavy atom. The molecule has 2 aliphatic rings. The number of nitrogens with zero attached hydrogens (tertiary/aromatic N) is 3. The van der Waals surface area contributed by atoms with E-state index >= 15 is 0 Å². The molecule has 0 unspecified atom stereocenters. The van der Waals surface area contributed by atoms with Crippen LogP contribution >= 0.6 is 0 Å². The largest absolute Gasteiger partial charge is 0.502 e. The first-order valence-electron chi connectivity index (χ1n) is 9.97. The number of hydrogen-bond donors (Lipinski definition) is 2. The van der Waals surface area contributed by atoms with Gasteiger partial charge in [-0.05, 0) is 32.8 Å². The van der Waals surface area contributed by atoms with E-state index in [1.807, 2.05) is 18.9 Å². The van der Waals surface area contributed by atoms with Gasteiger partial charge in [0.2, 0.25) is 5.43 Å². The summed E-state index contributed by atoms with van der Waals surface area (Å²) in [5.74, 6) is -3.70. The lowest BCUT2D eigenvalue weighted by Gasteiger charge is -2.41. The molecule has 1 aromatic carbocycles. The summed E-state index contributed by atoms with van der Waals surface area (Å²) in [4.78, 5) is 39.9. The molecule has 0 aliphatic carbocycles. The zero-order valence-electron chi connectivity index (χ0n) is 17.1. The third-order valence-electron chi connectivity index (χ3n) is 5.94. The van der Waals surface area contributed by atoms with E-state index in [4.69, 9.17) is 0 Å². The first-order valence-corrected chi connectivity index (χ1v) is 9.97. The van der Waals surface area contributed by atoms with Crippen LogP contribution in [0.15, 0.2) is 29.2 Å². The lowest BCUT2D eigenvalue weighted by Crippen LogP contribution is -2.57. The Morgan fingerprint density at radius 1 is 1.19 bits per heavy atom. The summed E-state index contributed by atoms with van der Waals surface area (Å²) in [6, 6.07) is 2.88. The number of halogens is 2. The van der Waals surface area contributed by atoms with Gasteiger partial charge in [0, 0.05) is 36.5 Å². The van der Waals surface area contributed by atoms with Gasteiger partial charge in [0.05, 0.1) is 0 Å². The van der Waals surface area contributed by atoms with Crippen molar-refractivity contribution in [1.29, 1.82) is 0 Å². The van der Waals surface area contributed by atoms with Crippen molar-refractivity contribution < 1.29 is 23.5 Å². The zero-order valence-corrected chi connectivity index (χ0v) is 17.1. The Labute approximate surface area is 176 Å². The smallest absolute Gasteiger partial charge is 0.278 e. The monoisotopic (exact) mass is 432 g/mol. The normalized spacial score (nSPS) is 20.3. The molecule has 164 valence electrons. The minimum atomic E-state index is -0.988. The van der Waals surface area contributed by atoms with Crippen LogP contribution in [0.3, 0.4) is 0 Å². The number of amides is 2. The molecule has 0 spiro atoms.